The normalized spacial score (nSPS) is 9.74. The lowest BCUT2D eigenvalue weighted by Gasteiger charge is -2.11. The third-order valence-electron chi connectivity index (χ3n) is 3.02. The van der Waals surface area contributed by atoms with Crippen LogP contribution in [0.1, 0.15) is 16.7 Å². The van der Waals surface area contributed by atoms with Crippen LogP contribution in [0.25, 0.3) is 0 Å². The lowest BCUT2D eigenvalue weighted by molar-refractivity contribution is 0.414. The summed E-state index contributed by atoms with van der Waals surface area (Å²) in [6.45, 7) is 2.68. The van der Waals surface area contributed by atoms with Crippen LogP contribution < -0.4 is 10.1 Å². The molecule has 0 aromatic heterocycles. The number of nitrogens with zero attached hydrogens (tertiary/aromatic N) is 1. The summed E-state index contributed by atoms with van der Waals surface area (Å²) in [6, 6.07) is 15.8. The molecule has 0 fully saturated rings. The average Bonchev–Trinajstić information content (AvgIpc) is 2.46. The molecule has 0 atom stereocenters. The Kier molecular flexibility index (Phi) is 4.04. The van der Waals surface area contributed by atoms with Crippen molar-refractivity contribution in [2.45, 2.75) is 13.5 Å². The van der Waals surface area contributed by atoms with Crippen LogP contribution in [0.3, 0.4) is 0 Å². The maximum atomic E-state index is 9.10. The summed E-state index contributed by atoms with van der Waals surface area (Å²) in [5.41, 5.74) is 3.80. The number of benzene rings is 2. The summed E-state index contributed by atoms with van der Waals surface area (Å²) in [4.78, 5) is 0. The number of ether oxygens (including phenoxy) is 1. The van der Waals surface area contributed by atoms with Gasteiger partial charge in [-0.05, 0) is 36.2 Å². The van der Waals surface area contributed by atoms with Crippen molar-refractivity contribution >= 4 is 5.69 Å². The Balaban J connectivity index is 2.12. The summed E-state index contributed by atoms with van der Waals surface area (Å²) < 4.78 is 5.12. The number of para-hydroxylation sites is 1. The van der Waals surface area contributed by atoms with Gasteiger partial charge in [-0.2, -0.15) is 5.26 Å². The van der Waals surface area contributed by atoms with E-state index in [9.17, 15) is 0 Å². The van der Waals surface area contributed by atoms with Crippen molar-refractivity contribution in [2.75, 3.05) is 12.4 Å². The van der Waals surface area contributed by atoms with E-state index in [1.54, 1.807) is 7.11 Å². The van der Waals surface area contributed by atoms with Crippen molar-refractivity contribution in [2.24, 2.45) is 0 Å². The van der Waals surface area contributed by atoms with Crippen molar-refractivity contribution in [3.05, 3.63) is 59.2 Å². The first-order valence-corrected chi connectivity index (χ1v) is 6.11. The van der Waals surface area contributed by atoms with Crippen LogP contribution in [0.15, 0.2) is 42.5 Å². The van der Waals surface area contributed by atoms with Crippen LogP contribution in [0.5, 0.6) is 5.75 Å². The van der Waals surface area contributed by atoms with E-state index in [0.29, 0.717) is 12.1 Å². The molecule has 3 heteroatoms. The molecule has 0 bridgehead atoms. The number of nitriles is 1. The Morgan fingerprint density at radius 1 is 1.16 bits per heavy atom. The molecule has 0 saturated carbocycles. The lowest BCUT2D eigenvalue weighted by Crippen LogP contribution is -2.03. The summed E-state index contributed by atoms with van der Waals surface area (Å²) in [5.74, 6) is 0.845. The number of rotatable bonds is 4. The van der Waals surface area contributed by atoms with Gasteiger partial charge in [-0.25, -0.2) is 0 Å². The molecule has 19 heavy (non-hydrogen) atoms. The molecule has 0 saturated heterocycles. The number of aryl methyl sites for hydroxylation is 1. The van der Waals surface area contributed by atoms with Crippen molar-refractivity contribution in [1.82, 2.24) is 0 Å². The fourth-order valence-electron chi connectivity index (χ4n) is 1.93. The van der Waals surface area contributed by atoms with Crippen LogP contribution in [0.4, 0.5) is 5.69 Å². The Labute approximate surface area is 113 Å². The second kappa shape index (κ2) is 5.92. The van der Waals surface area contributed by atoms with Gasteiger partial charge >= 0.3 is 0 Å². The molecule has 2 aromatic rings. The molecule has 0 aliphatic heterocycles. The van der Waals surface area contributed by atoms with Gasteiger partial charge in [0, 0.05) is 6.54 Å². The SMILES string of the molecule is COc1ccc(CNc2c(C)cccc2C#N)cc1. The summed E-state index contributed by atoms with van der Waals surface area (Å²) in [5, 5.41) is 12.4. The fourth-order valence-corrected chi connectivity index (χ4v) is 1.93. The van der Waals surface area contributed by atoms with Gasteiger partial charge in [-0.3, -0.25) is 0 Å². The lowest BCUT2D eigenvalue weighted by atomic mass is 10.1. The molecule has 96 valence electrons. The highest BCUT2D eigenvalue weighted by molar-refractivity contribution is 5.62. The maximum Gasteiger partial charge on any atom is 0.118 e. The molecule has 3 nitrogen and oxygen atoms in total. The third kappa shape index (κ3) is 3.05. The van der Waals surface area contributed by atoms with Crippen LogP contribution in [-0.4, -0.2) is 7.11 Å². The van der Waals surface area contributed by atoms with E-state index in [1.165, 1.54) is 0 Å². The third-order valence-corrected chi connectivity index (χ3v) is 3.02. The average molecular weight is 252 g/mol. The fraction of sp³-hybridized carbons (Fsp3) is 0.188. The zero-order valence-electron chi connectivity index (χ0n) is 11.1. The molecular weight excluding hydrogens is 236 g/mol. The molecule has 0 heterocycles. The molecule has 2 aromatic carbocycles. The highest BCUT2D eigenvalue weighted by Gasteiger charge is 2.04. The van der Waals surface area contributed by atoms with Crippen molar-refractivity contribution < 1.29 is 4.74 Å². The monoisotopic (exact) mass is 252 g/mol. The van der Waals surface area contributed by atoms with Crippen molar-refractivity contribution in [3.63, 3.8) is 0 Å². The molecule has 0 unspecified atom stereocenters. The van der Waals surface area contributed by atoms with Gasteiger partial charge in [0.05, 0.1) is 18.4 Å². The van der Waals surface area contributed by atoms with Gasteiger partial charge in [-0.1, -0.05) is 24.3 Å². The topological polar surface area (TPSA) is 45.0 Å². The minimum atomic E-state index is 0.675. The first-order valence-electron chi connectivity index (χ1n) is 6.11. The van der Waals surface area contributed by atoms with E-state index >= 15 is 0 Å². The second-order valence-electron chi connectivity index (χ2n) is 4.31. The highest BCUT2D eigenvalue weighted by Crippen LogP contribution is 2.21. The molecule has 0 aliphatic carbocycles. The first-order chi connectivity index (χ1) is 9.24. The maximum absolute atomic E-state index is 9.10. The zero-order valence-corrected chi connectivity index (χ0v) is 11.1. The molecule has 1 N–H and O–H groups in total. The van der Waals surface area contributed by atoms with Crippen molar-refractivity contribution in [1.29, 1.82) is 5.26 Å². The van der Waals surface area contributed by atoms with Gasteiger partial charge < -0.3 is 10.1 Å². The van der Waals surface area contributed by atoms with E-state index in [-0.39, 0.29) is 0 Å². The number of anilines is 1. The summed E-state index contributed by atoms with van der Waals surface area (Å²) >= 11 is 0. The molecule has 0 amide bonds. The second-order valence-corrected chi connectivity index (χ2v) is 4.31. The predicted octanol–water partition coefficient (Wildman–Crippen LogP) is 3.49. The first kappa shape index (κ1) is 13.0. The number of hydrogen-bond donors (Lipinski definition) is 1. The standard InChI is InChI=1S/C16H16N2O/c1-12-4-3-5-14(10-17)16(12)18-11-13-6-8-15(19-2)9-7-13/h3-9,18H,11H2,1-2H3. The van der Waals surface area contributed by atoms with Crippen LogP contribution in [0, 0.1) is 18.3 Å². The quantitative estimate of drug-likeness (QED) is 0.906. The minimum absolute atomic E-state index is 0.675. The van der Waals surface area contributed by atoms with E-state index < -0.39 is 0 Å². The van der Waals surface area contributed by atoms with Crippen molar-refractivity contribution in [3.8, 4) is 11.8 Å². The number of hydrogen-bond acceptors (Lipinski definition) is 3. The molecule has 0 spiro atoms. The van der Waals surface area contributed by atoms with Gasteiger partial charge in [0.25, 0.3) is 0 Å². The van der Waals surface area contributed by atoms with Crippen LogP contribution in [-0.2, 0) is 6.54 Å². The molecule has 0 aliphatic rings. The van der Waals surface area contributed by atoms with Crippen LogP contribution in [0.2, 0.25) is 0 Å². The molecule has 2 rings (SSSR count). The van der Waals surface area contributed by atoms with Gasteiger partial charge in [0.1, 0.15) is 11.8 Å². The Morgan fingerprint density at radius 3 is 2.53 bits per heavy atom. The van der Waals surface area contributed by atoms with Crippen LogP contribution >= 0.6 is 0 Å². The largest absolute Gasteiger partial charge is 0.497 e. The van der Waals surface area contributed by atoms with E-state index in [1.807, 2.05) is 49.4 Å². The summed E-state index contributed by atoms with van der Waals surface area (Å²) in [7, 11) is 1.65. The zero-order chi connectivity index (χ0) is 13.7. The Bertz CT molecular complexity index is 597. The smallest absolute Gasteiger partial charge is 0.118 e. The van der Waals surface area contributed by atoms with Gasteiger partial charge in [0.15, 0.2) is 0 Å². The molecular formula is C16H16N2O. The minimum Gasteiger partial charge on any atom is -0.497 e. The van der Waals surface area contributed by atoms with Gasteiger partial charge in [0.2, 0.25) is 0 Å². The van der Waals surface area contributed by atoms with E-state index in [0.717, 1.165) is 22.6 Å². The Morgan fingerprint density at radius 2 is 1.89 bits per heavy atom. The highest BCUT2D eigenvalue weighted by atomic mass is 16.5. The predicted molar refractivity (Wildman–Crippen MR) is 76.2 cm³/mol. The molecule has 0 radical (unpaired) electrons. The number of methoxy groups -OCH3 is 1. The van der Waals surface area contributed by atoms with E-state index in [2.05, 4.69) is 11.4 Å². The Hall–Kier alpha value is -2.47. The van der Waals surface area contributed by atoms with Gasteiger partial charge in [-0.15, -0.1) is 0 Å². The number of nitrogens with one attached hydrogen (secondary N) is 1. The summed E-state index contributed by atoms with van der Waals surface area (Å²) in [6.07, 6.45) is 0. The van der Waals surface area contributed by atoms with E-state index in [4.69, 9.17) is 10.00 Å².